The third-order valence-electron chi connectivity index (χ3n) is 5.72. The predicted octanol–water partition coefficient (Wildman–Crippen LogP) is 3.72. The summed E-state index contributed by atoms with van der Waals surface area (Å²) in [6.45, 7) is 4.30. The van der Waals surface area contributed by atoms with Gasteiger partial charge in [-0.1, -0.05) is 110 Å². The predicted molar refractivity (Wildman–Crippen MR) is 119 cm³/mol. The molecule has 0 saturated heterocycles. The summed E-state index contributed by atoms with van der Waals surface area (Å²) < 4.78 is 34.6. The van der Waals surface area contributed by atoms with Crippen molar-refractivity contribution in [2.75, 3.05) is 0 Å². The maximum absolute atomic E-state index is 11.5. The molecule has 2 unspecified atom stereocenters. The molecule has 4 nitrogen and oxygen atoms in total. The first-order valence-electron chi connectivity index (χ1n) is 12.0. The fourth-order valence-electron chi connectivity index (χ4n) is 3.88. The van der Waals surface area contributed by atoms with Gasteiger partial charge in [0.25, 0.3) is 0 Å². The van der Waals surface area contributed by atoms with E-state index in [1.165, 1.54) is 38.5 Å². The van der Waals surface area contributed by atoms with Gasteiger partial charge >= 0.3 is 51.4 Å². The summed E-state index contributed by atoms with van der Waals surface area (Å²) in [5.41, 5.74) is 0. The van der Waals surface area contributed by atoms with Gasteiger partial charge in [-0.15, -0.1) is 0 Å². The third-order valence-corrected chi connectivity index (χ3v) is 7.01. The van der Waals surface area contributed by atoms with E-state index in [4.69, 9.17) is 0 Å². The molecule has 0 fully saturated rings. The molecule has 2 atom stereocenters. The van der Waals surface area contributed by atoms with Gasteiger partial charge in [-0.25, -0.2) is 8.42 Å². The van der Waals surface area contributed by atoms with Gasteiger partial charge in [-0.3, -0.25) is 0 Å². The molecule has 0 saturated carbocycles. The van der Waals surface area contributed by atoms with Gasteiger partial charge < -0.3 is 9.66 Å². The molecule has 0 aliphatic carbocycles. The Morgan fingerprint density at radius 2 is 1.00 bits per heavy atom. The quantitative estimate of drug-likeness (QED) is 0.162. The van der Waals surface area contributed by atoms with E-state index < -0.39 is 15.4 Å². The van der Waals surface area contributed by atoms with E-state index in [1.807, 2.05) is 0 Å². The van der Waals surface area contributed by atoms with Crippen LogP contribution in [0.4, 0.5) is 0 Å². The van der Waals surface area contributed by atoms with Crippen LogP contribution in [0.3, 0.4) is 0 Å². The molecule has 0 aliphatic heterocycles. The molecule has 0 aromatic rings. The zero-order chi connectivity index (χ0) is 21.1. The average molecular weight is 459 g/mol. The summed E-state index contributed by atoms with van der Waals surface area (Å²) in [5, 5.41) is 9.01. The Labute approximate surface area is 224 Å². The normalized spacial score (nSPS) is 13.8. The van der Waals surface area contributed by atoms with Crippen molar-refractivity contribution in [3.05, 3.63) is 0 Å². The van der Waals surface area contributed by atoms with Gasteiger partial charge in [0.05, 0.1) is 16.2 Å². The summed E-state index contributed by atoms with van der Waals surface area (Å²) in [7, 11) is -4.17. The van der Waals surface area contributed by atoms with Crippen LogP contribution in [0.2, 0.25) is 0 Å². The Balaban J connectivity index is 0. The molecule has 0 heterocycles. The number of rotatable bonds is 21. The topological polar surface area (TPSA) is 77.4 Å². The summed E-state index contributed by atoms with van der Waals surface area (Å²) in [5.74, 6) is 0. The zero-order valence-electron chi connectivity index (χ0n) is 19.7. The van der Waals surface area contributed by atoms with Crippen LogP contribution in [0.25, 0.3) is 0 Å². The fraction of sp³-hybridized carbons (Fsp3) is 1.00. The van der Waals surface area contributed by atoms with Gasteiger partial charge in [0.2, 0.25) is 0 Å². The Morgan fingerprint density at radius 3 is 1.38 bits per heavy atom. The van der Waals surface area contributed by atoms with Crippen molar-refractivity contribution in [3.8, 4) is 0 Å². The van der Waals surface area contributed by atoms with Crippen molar-refractivity contribution in [3.63, 3.8) is 0 Å². The monoisotopic (exact) mass is 458 g/mol. The van der Waals surface area contributed by atoms with Crippen molar-refractivity contribution >= 4 is 10.1 Å². The van der Waals surface area contributed by atoms with E-state index in [0.29, 0.717) is 12.8 Å². The molecule has 0 aliphatic rings. The molecule has 0 radical (unpaired) electrons. The Hall–Kier alpha value is 1.51. The van der Waals surface area contributed by atoms with Crippen LogP contribution in [0.1, 0.15) is 136 Å². The van der Waals surface area contributed by atoms with E-state index in [-0.39, 0.29) is 57.5 Å². The molecule has 6 heteroatoms. The van der Waals surface area contributed by atoms with E-state index >= 15 is 0 Å². The number of aliphatic hydroxyl groups excluding tert-OH is 1. The molecule has 0 spiro atoms. The van der Waals surface area contributed by atoms with E-state index in [9.17, 15) is 18.1 Å². The summed E-state index contributed by atoms with van der Waals surface area (Å²) in [4.78, 5) is 0. The van der Waals surface area contributed by atoms with Gasteiger partial charge in [-0.2, -0.15) is 0 Å². The van der Waals surface area contributed by atoms with E-state index in [1.54, 1.807) is 0 Å². The SMILES string of the molecule is CCCCCCCCCCCC(CCCCCCCC(O)CCC)S(=O)(=O)[O-].[K+]. The molecule has 1 N–H and O–H groups in total. The van der Waals surface area contributed by atoms with Crippen molar-refractivity contribution in [1.82, 2.24) is 0 Å². The van der Waals surface area contributed by atoms with Crippen LogP contribution in [-0.4, -0.2) is 29.4 Å². The van der Waals surface area contributed by atoms with Crippen molar-refractivity contribution in [2.45, 2.75) is 147 Å². The van der Waals surface area contributed by atoms with Gasteiger partial charge in [-0.05, 0) is 25.7 Å². The third kappa shape index (κ3) is 22.5. The first kappa shape index (κ1) is 32.7. The Bertz CT molecular complexity index is 429. The second-order valence-electron chi connectivity index (χ2n) is 8.52. The van der Waals surface area contributed by atoms with Crippen molar-refractivity contribution < 1.29 is 69.5 Å². The molecular formula is C23H47KO4S. The first-order chi connectivity index (χ1) is 13.4. The minimum Gasteiger partial charge on any atom is -0.748 e. The molecule has 0 rings (SSSR count). The smallest absolute Gasteiger partial charge is 0.748 e. The number of unbranched alkanes of at least 4 members (excludes halogenated alkanes) is 12. The van der Waals surface area contributed by atoms with Gasteiger partial charge in [0, 0.05) is 5.25 Å². The van der Waals surface area contributed by atoms with Crippen molar-refractivity contribution in [1.29, 1.82) is 0 Å². The molecule has 0 bridgehead atoms. The largest absolute Gasteiger partial charge is 1.00 e. The maximum Gasteiger partial charge on any atom is 1.00 e. The number of hydrogen-bond acceptors (Lipinski definition) is 4. The second kappa shape index (κ2) is 22.7. The van der Waals surface area contributed by atoms with Crippen LogP contribution in [0.5, 0.6) is 0 Å². The van der Waals surface area contributed by atoms with Crippen LogP contribution in [-0.2, 0) is 10.1 Å². The standard InChI is InChI=1S/C23H48O4S.K/c1-3-5-6-7-8-9-10-13-16-20-23(28(25,26)27)21-17-14-11-12-15-19-22(24)18-4-2;/h22-24H,3-21H2,1-2H3,(H,25,26,27);/q;+1/p-1. The molecule has 0 aromatic heterocycles. The average Bonchev–Trinajstić information content (AvgIpc) is 2.63. The summed E-state index contributed by atoms with van der Waals surface area (Å²) >= 11 is 0. The molecule has 29 heavy (non-hydrogen) atoms. The first-order valence-corrected chi connectivity index (χ1v) is 13.5. The number of aliphatic hydroxyl groups is 1. The minimum absolute atomic E-state index is 0. The van der Waals surface area contributed by atoms with E-state index in [2.05, 4.69) is 13.8 Å². The molecular weight excluding hydrogens is 411 g/mol. The molecule has 0 aromatic carbocycles. The Morgan fingerprint density at radius 1 is 0.621 bits per heavy atom. The van der Waals surface area contributed by atoms with Crippen LogP contribution >= 0.6 is 0 Å². The molecule has 0 amide bonds. The van der Waals surface area contributed by atoms with Crippen LogP contribution < -0.4 is 51.4 Å². The Kier molecular flexibility index (Phi) is 25.6. The minimum atomic E-state index is -4.17. The number of hydrogen-bond donors (Lipinski definition) is 1. The maximum atomic E-state index is 11.5. The second-order valence-corrected chi connectivity index (χ2v) is 10.2. The van der Waals surface area contributed by atoms with Gasteiger partial charge in [0.1, 0.15) is 0 Å². The molecule has 170 valence electrons. The van der Waals surface area contributed by atoms with Crippen LogP contribution in [0, 0.1) is 0 Å². The van der Waals surface area contributed by atoms with E-state index in [0.717, 1.165) is 70.6 Å². The van der Waals surface area contributed by atoms with Crippen LogP contribution in [0.15, 0.2) is 0 Å². The van der Waals surface area contributed by atoms with Crippen molar-refractivity contribution in [2.24, 2.45) is 0 Å². The van der Waals surface area contributed by atoms with Gasteiger partial charge in [0.15, 0.2) is 0 Å². The fourth-order valence-corrected chi connectivity index (χ4v) is 4.79. The zero-order valence-corrected chi connectivity index (χ0v) is 23.6. The summed E-state index contributed by atoms with van der Waals surface area (Å²) in [6.07, 6.45) is 19.4. The summed E-state index contributed by atoms with van der Waals surface area (Å²) in [6, 6.07) is 0.